The Balaban J connectivity index is 2.70. The molecule has 0 atom stereocenters. The molecule has 4 nitrogen and oxygen atoms in total. The highest BCUT2D eigenvalue weighted by Crippen LogP contribution is 2.38. The molecule has 0 aliphatic rings. The summed E-state index contributed by atoms with van der Waals surface area (Å²) in [4.78, 5) is 22.8. The van der Waals surface area contributed by atoms with Crippen LogP contribution in [0.3, 0.4) is 0 Å². The first-order chi connectivity index (χ1) is 10.9. The van der Waals surface area contributed by atoms with E-state index in [1.54, 1.807) is 6.07 Å². The van der Waals surface area contributed by atoms with Gasteiger partial charge in [0.1, 0.15) is 0 Å². The summed E-state index contributed by atoms with van der Waals surface area (Å²) in [6, 6.07) is 9.37. The molecular weight excluding hydrogens is 292 g/mol. The Hall–Kier alpha value is -2.62. The molecule has 0 aliphatic carbocycles. The molecule has 0 amide bonds. The number of allylic oxidation sites excluding steroid dienone is 2. The normalized spacial score (nSPS) is 10.3. The Morgan fingerprint density at radius 1 is 0.957 bits per heavy atom. The summed E-state index contributed by atoms with van der Waals surface area (Å²) in [5.74, 6) is -0.366. The summed E-state index contributed by atoms with van der Waals surface area (Å²) in [6.07, 6.45) is 2.81. The minimum atomic E-state index is -0.458. The van der Waals surface area contributed by atoms with Crippen LogP contribution >= 0.6 is 0 Å². The fourth-order valence-electron chi connectivity index (χ4n) is 2.36. The van der Waals surface area contributed by atoms with Crippen LogP contribution in [0, 0.1) is 0 Å². The highest BCUT2D eigenvalue weighted by Gasteiger charge is 2.17. The average molecular weight is 312 g/mol. The van der Waals surface area contributed by atoms with Crippen LogP contribution in [-0.4, -0.2) is 11.9 Å². The van der Waals surface area contributed by atoms with Crippen molar-refractivity contribution in [2.45, 2.75) is 34.1 Å². The van der Waals surface area contributed by atoms with E-state index in [0.717, 1.165) is 16.3 Å². The van der Waals surface area contributed by atoms with Crippen LogP contribution in [-0.2, 0) is 16.0 Å². The molecule has 0 radical (unpaired) electrons. The lowest BCUT2D eigenvalue weighted by molar-refractivity contribution is -0.134. The van der Waals surface area contributed by atoms with Gasteiger partial charge in [-0.3, -0.25) is 9.59 Å². The summed E-state index contributed by atoms with van der Waals surface area (Å²) in [7, 11) is 0. The quantitative estimate of drug-likeness (QED) is 0.482. The number of carbonyl (C=O) groups excluding carboxylic acids is 2. The second kappa shape index (κ2) is 7.09. The van der Waals surface area contributed by atoms with Gasteiger partial charge in [-0.15, -0.1) is 0 Å². The topological polar surface area (TPSA) is 52.6 Å². The molecular formula is C19H20O4. The average Bonchev–Trinajstić information content (AvgIpc) is 2.47. The van der Waals surface area contributed by atoms with Gasteiger partial charge in [0.2, 0.25) is 0 Å². The number of hydrogen-bond acceptors (Lipinski definition) is 4. The van der Waals surface area contributed by atoms with Crippen molar-refractivity contribution < 1.29 is 19.1 Å². The van der Waals surface area contributed by atoms with Crippen LogP contribution in [0.15, 0.2) is 42.0 Å². The minimum Gasteiger partial charge on any atom is -0.423 e. The molecule has 0 fully saturated rings. The largest absolute Gasteiger partial charge is 0.423 e. The predicted octanol–water partition coefficient (Wildman–Crippen LogP) is 4.20. The molecule has 0 N–H and O–H groups in total. The first kappa shape index (κ1) is 16.7. The third-order valence-corrected chi connectivity index (χ3v) is 3.28. The van der Waals surface area contributed by atoms with E-state index < -0.39 is 11.9 Å². The van der Waals surface area contributed by atoms with Gasteiger partial charge < -0.3 is 9.47 Å². The van der Waals surface area contributed by atoms with E-state index in [-0.39, 0.29) is 11.5 Å². The van der Waals surface area contributed by atoms with Crippen molar-refractivity contribution in [3.05, 3.63) is 47.5 Å². The maximum atomic E-state index is 11.4. The molecule has 0 spiro atoms. The molecule has 2 aromatic carbocycles. The third kappa shape index (κ3) is 4.19. The first-order valence-electron chi connectivity index (χ1n) is 7.43. The Labute approximate surface area is 135 Å². The number of carbonyl (C=O) groups is 2. The van der Waals surface area contributed by atoms with Crippen LogP contribution in [0.1, 0.15) is 33.3 Å². The molecule has 0 aliphatic heterocycles. The van der Waals surface area contributed by atoms with E-state index in [0.29, 0.717) is 6.42 Å². The summed E-state index contributed by atoms with van der Waals surface area (Å²) in [5.41, 5.74) is 2.21. The number of hydrogen-bond donors (Lipinski definition) is 0. The Bertz CT molecular complexity index is 783. The van der Waals surface area contributed by atoms with Gasteiger partial charge in [-0.2, -0.15) is 0 Å². The lowest BCUT2D eigenvalue weighted by atomic mass is 9.99. The highest BCUT2D eigenvalue weighted by molar-refractivity contribution is 5.96. The second-order valence-corrected chi connectivity index (χ2v) is 5.58. The number of ether oxygens (including phenoxy) is 2. The van der Waals surface area contributed by atoms with E-state index in [4.69, 9.17) is 9.47 Å². The van der Waals surface area contributed by atoms with Crippen molar-refractivity contribution in [2.75, 3.05) is 0 Å². The fraction of sp³-hybridized carbons (Fsp3) is 0.263. The summed E-state index contributed by atoms with van der Waals surface area (Å²) >= 11 is 0. The van der Waals surface area contributed by atoms with Crippen molar-refractivity contribution in [3.63, 3.8) is 0 Å². The zero-order valence-corrected chi connectivity index (χ0v) is 13.8. The molecule has 0 heterocycles. The number of benzene rings is 2. The van der Waals surface area contributed by atoms with E-state index in [1.807, 2.05) is 38.1 Å². The van der Waals surface area contributed by atoms with Gasteiger partial charge in [0.15, 0.2) is 11.5 Å². The van der Waals surface area contributed by atoms with Gasteiger partial charge in [-0.1, -0.05) is 35.9 Å². The summed E-state index contributed by atoms with van der Waals surface area (Å²) in [6.45, 7) is 6.71. The zero-order valence-electron chi connectivity index (χ0n) is 13.8. The molecule has 2 aromatic rings. The van der Waals surface area contributed by atoms with Crippen molar-refractivity contribution in [1.82, 2.24) is 0 Å². The Morgan fingerprint density at radius 3 is 2.13 bits per heavy atom. The van der Waals surface area contributed by atoms with Crippen molar-refractivity contribution in [2.24, 2.45) is 0 Å². The molecule has 0 saturated carbocycles. The maximum Gasteiger partial charge on any atom is 0.308 e. The van der Waals surface area contributed by atoms with Gasteiger partial charge >= 0.3 is 11.9 Å². The molecule has 2 rings (SSSR count). The van der Waals surface area contributed by atoms with Gasteiger partial charge in [-0.05, 0) is 37.3 Å². The SMILES string of the molecule is CC(=O)Oc1cc(CC=C(C)C)c2ccccc2c1OC(C)=O. The maximum absolute atomic E-state index is 11.4. The van der Waals surface area contributed by atoms with Crippen molar-refractivity contribution >= 4 is 22.7 Å². The van der Waals surface area contributed by atoms with Gasteiger partial charge in [0, 0.05) is 19.2 Å². The van der Waals surface area contributed by atoms with Crippen molar-refractivity contribution in [1.29, 1.82) is 0 Å². The van der Waals surface area contributed by atoms with Gasteiger partial charge in [0.05, 0.1) is 0 Å². The standard InChI is InChI=1S/C19H20O4/c1-12(2)9-10-15-11-18(22-13(3)20)19(23-14(4)21)17-8-6-5-7-16(15)17/h5-9,11H,10H2,1-4H3. The number of esters is 2. The monoisotopic (exact) mass is 312 g/mol. The third-order valence-electron chi connectivity index (χ3n) is 3.28. The summed E-state index contributed by atoms with van der Waals surface area (Å²) in [5, 5.41) is 1.72. The lowest BCUT2D eigenvalue weighted by Gasteiger charge is -2.14. The van der Waals surface area contributed by atoms with Crippen LogP contribution in [0.2, 0.25) is 0 Å². The smallest absolute Gasteiger partial charge is 0.308 e. The van der Waals surface area contributed by atoms with E-state index in [9.17, 15) is 9.59 Å². The molecule has 120 valence electrons. The fourth-order valence-corrected chi connectivity index (χ4v) is 2.36. The number of rotatable bonds is 4. The molecule has 0 unspecified atom stereocenters. The molecule has 0 saturated heterocycles. The van der Waals surface area contributed by atoms with Crippen LogP contribution < -0.4 is 9.47 Å². The highest BCUT2D eigenvalue weighted by atomic mass is 16.6. The molecule has 4 heteroatoms. The van der Waals surface area contributed by atoms with Crippen molar-refractivity contribution in [3.8, 4) is 11.5 Å². The van der Waals surface area contributed by atoms with E-state index in [1.165, 1.54) is 19.4 Å². The first-order valence-corrected chi connectivity index (χ1v) is 7.43. The second-order valence-electron chi connectivity index (χ2n) is 5.58. The van der Waals surface area contributed by atoms with Gasteiger partial charge in [0.25, 0.3) is 0 Å². The van der Waals surface area contributed by atoms with E-state index >= 15 is 0 Å². The lowest BCUT2D eigenvalue weighted by Crippen LogP contribution is -2.08. The Kier molecular flexibility index (Phi) is 5.16. The number of fused-ring (bicyclic) bond motifs is 1. The minimum absolute atomic E-state index is 0.267. The zero-order chi connectivity index (χ0) is 17.0. The molecule has 0 aromatic heterocycles. The van der Waals surface area contributed by atoms with E-state index in [2.05, 4.69) is 6.08 Å². The predicted molar refractivity (Wildman–Crippen MR) is 89.7 cm³/mol. The molecule has 23 heavy (non-hydrogen) atoms. The molecule has 0 bridgehead atoms. The van der Waals surface area contributed by atoms with Crippen LogP contribution in [0.5, 0.6) is 11.5 Å². The van der Waals surface area contributed by atoms with Crippen LogP contribution in [0.25, 0.3) is 10.8 Å². The summed E-state index contributed by atoms with van der Waals surface area (Å²) < 4.78 is 10.6. The van der Waals surface area contributed by atoms with Gasteiger partial charge in [-0.25, -0.2) is 0 Å². The van der Waals surface area contributed by atoms with Crippen LogP contribution in [0.4, 0.5) is 0 Å². The Morgan fingerprint density at radius 2 is 1.57 bits per heavy atom.